The van der Waals surface area contributed by atoms with Crippen molar-refractivity contribution in [2.24, 2.45) is 0 Å². The van der Waals surface area contributed by atoms with E-state index in [1.54, 1.807) is 31.2 Å². The minimum absolute atomic E-state index is 0.319. The van der Waals surface area contributed by atoms with Gasteiger partial charge in [-0.15, -0.1) is 0 Å². The lowest BCUT2D eigenvalue weighted by atomic mass is 10.2. The van der Waals surface area contributed by atoms with E-state index in [9.17, 15) is 4.79 Å². The van der Waals surface area contributed by atoms with E-state index in [0.29, 0.717) is 17.9 Å². The highest BCUT2D eigenvalue weighted by Gasteiger charge is 2.06. The van der Waals surface area contributed by atoms with E-state index in [4.69, 9.17) is 9.47 Å². The number of alkyl halides is 1. The molecule has 0 saturated carbocycles. The van der Waals surface area contributed by atoms with Gasteiger partial charge < -0.3 is 9.47 Å². The molecule has 0 saturated heterocycles. The maximum absolute atomic E-state index is 11.5. The standard InChI is InChI=1S/C16H15BrO3/c1-2-19-16(18)13-5-9-15(10-6-13)20-14-7-3-12(11-17)4-8-14/h3-10H,2,11H2,1H3. The van der Waals surface area contributed by atoms with Gasteiger partial charge in [0.25, 0.3) is 0 Å². The van der Waals surface area contributed by atoms with Crippen LogP contribution < -0.4 is 4.74 Å². The Balaban J connectivity index is 2.04. The summed E-state index contributed by atoms with van der Waals surface area (Å²) in [6.07, 6.45) is 0. The van der Waals surface area contributed by atoms with E-state index in [1.165, 1.54) is 5.56 Å². The molecule has 0 aromatic heterocycles. The summed E-state index contributed by atoms with van der Waals surface area (Å²) in [5.41, 5.74) is 1.71. The molecule has 0 spiro atoms. The molecule has 0 bridgehead atoms. The number of ether oxygens (including phenoxy) is 2. The van der Waals surface area contributed by atoms with Crippen molar-refractivity contribution in [1.82, 2.24) is 0 Å². The highest BCUT2D eigenvalue weighted by molar-refractivity contribution is 9.08. The third-order valence-electron chi connectivity index (χ3n) is 2.68. The fourth-order valence-electron chi connectivity index (χ4n) is 1.66. The van der Waals surface area contributed by atoms with Crippen LogP contribution in [-0.4, -0.2) is 12.6 Å². The lowest BCUT2D eigenvalue weighted by Gasteiger charge is -2.07. The molecule has 0 amide bonds. The fourth-order valence-corrected chi connectivity index (χ4v) is 2.03. The van der Waals surface area contributed by atoms with Crippen molar-refractivity contribution in [3.05, 3.63) is 59.7 Å². The Bertz CT molecular complexity index is 561. The Morgan fingerprint density at radius 1 is 1.00 bits per heavy atom. The lowest BCUT2D eigenvalue weighted by Crippen LogP contribution is -2.03. The van der Waals surface area contributed by atoms with E-state index in [-0.39, 0.29) is 5.97 Å². The summed E-state index contributed by atoms with van der Waals surface area (Å²) >= 11 is 3.40. The Labute approximate surface area is 126 Å². The van der Waals surface area contributed by atoms with Crippen LogP contribution in [0.5, 0.6) is 11.5 Å². The van der Waals surface area contributed by atoms with Crippen LogP contribution in [0, 0.1) is 0 Å². The number of esters is 1. The first-order valence-electron chi connectivity index (χ1n) is 6.33. The number of rotatable bonds is 5. The normalized spacial score (nSPS) is 10.1. The van der Waals surface area contributed by atoms with Gasteiger partial charge in [-0.3, -0.25) is 0 Å². The third-order valence-corrected chi connectivity index (χ3v) is 3.33. The van der Waals surface area contributed by atoms with Crippen LogP contribution in [0.3, 0.4) is 0 Å². The Hall–Kier alpha value is -1.81. The molecule has 20 heavy (non-hydrogen) atoms. The second-order valence-electron chi connectivity index (χ2n) is 4.12. The van der Waals surface area contributed by atoms with Crippen LogP contribution in [0.4, 0.5) is 0 Å². The summed E-state index contributed by atoms with van der Waals surface area (Å²) in [6.45, 7) is 2.16. The third kappa shape index (κ3) is 3.84. The Morgan fingerprint density at radius 3 is 2.05 bits per heavy atom. The van der Waals surface area contributed by atoms with Gasteiger partial charge in [0.05, 0.1) is 12.2 Å². The van der Waals surface area contributed by atoms with Gasteiger partial charge in [0.15, 0.2) is 0 Å². The number of halogens is 1. The van der Waals surface area contributed by atoms with Gasteiger partial charge in [0.2, 0.25) is 0 Å². The van der Waals surface area contributed by atoms with E-state index in [0.717, 1.165) is 11.1 Å². The molecule has 0 atom stereocenters. The molecule has 0 radical (unpaired) electrons. The molecule has 2 rings (SSSR count). The molecule has 0 heterocycles. The molecule has 0 aliphatic rings. The summed E-state index contributed by atoms with van der Waals surface area (Å²) in [5, 5.41) is 0.821. The van der Waals surface area contributed by atoms with Crippen molar-refractivity contribution in [2.45, 2.75) is 12.3 Å². The fraction of sp³-hybridized carbons (Fsp3) is 0.188. The van der Waals surface area contributed by atoms with Crippen molar-refractivity contribution in [1.29, 1.82) is 0 Å². The number of hydrogen-bond acceptors (Lipinski definition) is 3. The van der Waals surface area contributed by atoms with Crippen LogP contribution in [0.25, 0.3) is 0 Å². The van der Waals surface area contributed by atoms with Gasteiger partial charge in [-0.1, -0.05) is 28.1 Å². The van der Waals surface area contributed by atoms with E-state index < -0.39 is 0 Å². The minimum atomic E-state index is -0.319. The molecule has 0 N–H and O–H groups in total. The van der Waals surface area contributed by atoms with Crippen LogP contribution in [0.15, 0.2) is 48.5 Å². The summed E-state index contributed by atoms with van der Waals surface area (Å²) in [5.74, 6) is 1.13. The first kappa shape index (κ1) is 14.6. The first-order valence-corrected chi connectivity index (χ1v) is 7.45. The quantitative estimate of drug-likeness (QED) is 0.594. The summed E-state index contributed by atoms with van der Waals surface area (Å²) < 4.78 is 10.6. The van der Waals surface area contributed by atoms with Crippen LogP contribution >= 0.6 is 15.9 Å². The zero-order chi connectivity index (χ0) is 14.4. The zero-order valence-corrected chi connectivity index (χ0v) is 12.7. The highest BCUT2D eigenvalue weighted by atomic mass is 79.9. The van der Waals surface area contributed by atoms with E-state index in [1.807, 2.05) is 24.3 Å². The van der Waals surface area contributed by atoms with Crippen LogP contribution in [0.2, 0.25) is 0 Å². The smallest absolute Gasteiger partial charge is 0.338 e. The van der Waals surface area contributed by atoms with E-state index >= 15 is 0 Å². The minimum Gasteiger partial charge on any atom is -0.462 e. The monoisotopic (exact) mass is 334 g/mol. The largest absolute Gasteiger partial charge is 0.462 e. The van der Waals surface area contributed by atoms with Gasteiger partial charge in [-0.25, -0.2) is 4.79 Å². The maximum atomic E-state index is 11.5. The van der Waals surface area contributed by atoms with Crippen molar-refractivity contribution in [3.8, 4) is 11.5 Å². The topological polar surface area (TPSA) is 35.5 Å². The number of carbonyl (C=O) groups is 1. The van der Waals surface area contributed by atoms with Gasteiger partial charge in [0.1, 0.15) is 11.5 Å². The molecule has 0 fully saturated rings. The summed E-state index contributed by atoms with van der Waals surface area (Å²) in [7, 11) is 0. The molecule has 4 heteroatoms. The van der Waals surface area contributed by atoms with Crippen LogP contribution in [0.1, 0.15) is 22.8 Å². The first-order chi connectivity index (χ1) is 9.72. The van der Waals surface area contributed by atoms with Gasteiger partial charge in [-0.05, 0) is 48.9 Å². The predicted octanol–water partition coefficient (Wildman–Crippen LogP) is 4.55. The van der Waals surface area contributed by atoms with Crippen molar-refractivity contribution >= 4 is 21.9 Å². The lowest BCUT2D eigenvalue weighted by molar-refractivity contribution is 0.0526. The highest BCUT2D eigenvalue weighted by Crippen LogP contribution is 2.22. The van der Waals surface area contributed by atoms with E-state index in [2.05, 4.69) is 15.9 Å². The van der Waals surface area contributed by atoms with Gasteiger partial charge in [-0.2, -0.15) is 0 Å². The average Bonchev–Trinajstić information content (AvgIpc) is 2.49. The molecule has 104 valence electrons. The van der Waals surface area contributed by atoms with Crippen molar-refractivity contribution in [2.75, 3.05) is 6.61 Å². The van der Waals surface area contributed by atoms with Gasteiger partial charge in [0, 0.05) is 5.33 Å². The van der Waals surface area contributed by atoms with Crippen molar-refractivity contribution < 1.29 is 14.3 Å². The number of hydrogen-bond donors (Lipinski definition) is 0. The maximum Gasteiger partial charge on any atom is 0.338 e. The zero-order valence-electron chi connectivity index (χ0n) is 11.1. The second-order valence-corrected chi connectivity index (χ2v) is 4.69. The Morgan fingerprint density at radius 2 is 1.55 bits per heavy atom. The average molecular weight is 335 g/mol. The molecule has 2 aromatic rings. The summed E-state index contributed by atoms with van der Waals surface area (Å²) in [4.78, 5) is 11.5. The number of benzene rings is 2. The molecule has 2 aromatic carbocycles. The van der Waals surface area contributed by atoms with Crippen molar-refractivity contribution in [3.63, 3.8) is 0 Å². The number of carbonyl (C=O) groups excluding carboxylic acids is 1. The summed E-state index contributed by atoms with van der Waals surface area (Å²) in [6, 6.07) is 14.7. The molecule has 0 aliphatic carbocycles. The van der Waals surface area contributed by atoms with Gasteiger partial charge >= 0.3 is 5.97 Å². The molecular formula is C16H15BrO3. The molecule has 0 unspecified atom stereocenters. The predicted molar refractivity (Wildman–Crippen MR) is 81.5 cm³/mol. The second kappa shape index (κ2) is 7.10. The van der Waals surface area contributed by atoms with Crippen LogP contribution in [-0.2, 0) is 10.1 Å². The molecule has 0 aliphatic heterocycles. The SMILES string of the molecule is CCOC(=O)c1ccc(Oc2ccc(CBr)cc2)cc1. The molecular weight excluding hydrogens is 320 g/mol. The molecule has 3 nitrogen and oxygen atoms in total. The Kier molecular flexibility index (Phi) is 5.18.